The van der Waals surface area contributed by atoms with Gasteiger partial charge in [0.2, 0.25) is 11.7 Å². The quantitative estimate of drug-likeness (QED) is 0.466. The van der Waals surface area contributed by atoms with Crippen molar-refractivity contribution >= 4 is 34.3 Å². The predicted octanol–water partition coefficient (Wildman–Crippen LogP) is 3.77. The molecule has 0 spiro atoms. The van der Waals surface area contributed by atoms with Crippen LogP contribution < -0.4 is 10.9 Å². The second-order valence-electron chi connectivity index (χ2n) is 8.00. The maximum atomic E-state index is 13.5. The molecular formula is C23H25N5O2S. The van der Waals surface area contributed by atoms with Crippen LogP contribution in [0.15, 0.2) is 58.5 Å². The largest absolute Gasteiger partial charge is 0.353 e. The molecule has 2 aromatic heterocycles. The van der Waals surface area contributed by atoms with Gasteiger partial charge in [-0.3, -0.25) is 14.0 Å². The summed E-state index contributed by atoms with van der Waals surface area (Å²) in [6, 6.07) is 15.3. The number of amides is 1. The molecule has 1 N–H and O–H groups in total. The van der Waals surface area contributed by atoms with Crippen molar-refractivity contribution < 1.29 is 4.79 Å². The second-order valence-corrected chi connectivity index (χ2v) is 8.94. The number of carbonyl (C=O) groups excluding carboxylic acids is 1. The summed E-state index contributed by atoms with van der Waals surface area (Å²) in [6.45, 7) is 8.04. The first-order valence-corrected chi connectivity index (χ1v) is 11.3. The summed E-state index contributed by atoms with van der Waals surface area (Å²) < 4.78 is 3.49. The standard InChI is InChI=1S/C23H25N5O2S/c1-14(2)16-9-5-7-11-18(16)27-21(30)17-10-6-8-12-19(17)28-22(27)25-26-23(28)31-13-20(29)24-15(3)4/h5-12,14-15H,13H2,1-4H3,(H,24,29). The van der Waals surface area contributed by atoms with Crippen LogP contribution in [0, 0.1) is 0 Å². The van der Waals surface area contributed by atoms with Crippen LogP contribution in [0.5, 0.6) is 0 Å². The highest BCUT2D eigenvalue weighted by Crippen LogP contribution is 2.26. The van der Waals surface area contributed by atoms with Gasteiger partial charge in [0.15, 0.2) is 5.16 Å². The van der Waals surface area contributed by atoms with E-state index >= 15 is 0 Å². The molecule has 0 aliphatic rings. The number of carbonyl (C=O) groups is 1. The average molecular weight is 436 g/mol. The number of nitrogens with zero attached hydrogens (tertiary/aromatic N) is 4. The van der Waals surface area contributed by atoms with Crippen LogP contribution in [0.2, 0.25) is 0 Å². The highest BCUT2D eigenvalue weighted by Gasteiger charge is 2.20. The third kappa shape index (κ3) is 3.95. The summed E-state index contributed by atoms with van der Waals surface area (Å²) >= 11 is 1.30. The van der Waals surface area contributed by atoms with Crippen LogP contribution in [0.3, 0.4) is 0 Å². The van der Waals surface area contributed by atoms with Crippen molar-refractivity contribution in [2.24, 2.45) is 0 Å². The maximum Gasteiger partial charge on any atom is 0.267 e. The Morgan fingerprint density at radius 3 is 2.48 bits per heavy atom. The van der Waals surface area contributed by atoms with E-state index in [0.717, 1.165) is 16.8 Å². The Morgan fingerprint density at radius 2 is 1.74 bits per heavy atom. The van der Waals surface area contributed by atoms with Crippen molar-refractivity contribution in [1.82, 2.24) is 24.5 Å². The normalized spacial score (nSPS) is 11.7. The van der Waals surface area contributed by atoms with Gasteiger partial charge in [-0.15, -0.1) is 10.2 Å². The summed E-state index contributed by atoms with van der Waals surface area (Å²) in [5.41, 5.74) is 2.42. The molecule has 0 aliphatic heterocycles. The number of benzene rings is 2. The Labute approximate surface area is 184 Å². The minimum absolute atomic E-state index is 0.0699. The zero-order valence-electron chi connectivity index (χ0n) is 18.0. The highest BCUT2D eigenvalue weighted by atomic mass is 32.2. The third-order valence-corrected chi connectivity index (χ3v) is 5.91. The molecule has 0 unspecified atom stereocenters. The van der Waals surface area contributed by atoms with Crippen molar-refractivity contribution in [2.75, 3.05) is 5.75 Å². The van der Waals surface area contributed by atoms with E-state index in [-0.39, 0.29) is 29.2 Å². The lowest BCUT2D eigenvalue weighted by Crippen LogP contribution is -2.31. The summed E-state index contributed by atoms with van der Waals surface area (Å²) in [7, 11) is 0. The van der Waals surface area contributed by atoms with Crippen LogP contribution in [-0.2, 0) is 4.79 Å². The van der Waals surface area contributed by atoms with E-state index in [2.05, 4.69) is 29.4 Å². The van der Waals surface area contributed by atoms with Crippen molar-refractivity contribution in [3.63, 3.8) is 0 Å². The van der Waals surface area contributed by atoms with Gasteiger partial charge >= 0.3 is 0 Å². The molecule has 4 aromatic rings. The predicted molar refractivity (Wildman–Crippen MR) is 124 cm³/mol. The molecule has 31 heavy (non-hydrogen) atoms. The number of hydrogen-bond acceptors (Lipinski definition) is 5. The van der Waals surface area contributed by atoms with Crippen molar-refractivity contribution in [3.05, 3.63) is 64.4 Å². The molecule has 8 heteroatoms. The van der Waals surface area contributed by atoms with Gasteiger partial charge in [0, 0.05) is 6.04 Å². The molecule has 0 radical (unpaired) electrons. The SMILES string of the molecule is CC(C)NC(=O)CSc1nnc2n(-c3ccccc3C(C)C)c(=O)c3ccccc3n12. The number of fused-ring (bicyclic) bond motifs is 3. The summed E-state index contributed by atoms with van der Waals surface area (Å²) in [5, 5.41) is 12.7. The van der Waals surface area contributed by atoms with Crippen LogP contribution in [0.25, 0.3) is 22.4 Å². The fraction of sp³-hybridized carbons (Fsp3) is 0.304. The smallest absolute Gasteiger partial charge is 0.267 e. The monoisotopic (exact) mass is 435 g/mol. The number of nitrogens with one attached hydrogen (secondary N) is 1. The first-order chi connectivity index (χ1) is 14.9. The Hall–Kier alpha value is -3.13. The van der Waals surface area contributed by atoms with Gasteiger partial charge in [0.05, 0.1) is 22.3 Å². The maximum absolute atomic E-state index is 13.5. The molecule has 0 atom stereocenters. The molecule has 160 valence electrons. The Bertz CT molecular complexity index is 1320. The Morgan fingerprint density at radius 1 is 1.03 bits per heavy atom. The molecule has 2 aromatic carbocycles. The van der Waals surface area contributed by atoms with Crippen LogP contribution >= 0.6 is 11.8 Å². The minimum Gasteiger partial charge on any atom is -0.353 e. The number of para-hydroxylation sites is 2. The number of aromatic nitrogens is 4. The average Bonchev–Trinajstić information content (AvgIpc) is 3.16. The van der Waals surface area contributed by atoms with Crippen molar-refractivity contribution in [3.8, 4) is 5.69 Å². The molecule has 0 saturated heterocycles. The lowest BCUT2D eigenvalue weighted by atomic mass is 10.0. The molecule has 0 bridgehead atoms. The lowest BCUT2D eigenvalue weighted by Gasteiger charge is -2.16. The molecule has 1 amide bonds. The van der Waals surface area contributed by atoms with Gasteiger partial charge in [-0.1, -0.05) is 55.9 Å². The Balaban J connectivity index is 1.95. The number of thioether (sulfide) groups is 1. The van der Waals surface area contributed by atoms with E-state index in [1.807, 2.05) is 66.8 Å². The fourth-order valence-electron chi connectivity index (χ4n) is 3.66. The van der Waals surface area contributed by atoms with Gasteiger partial charge < -0.3 is 5.32 Å². The molecule has 0 saturated carbocycles. The van der Waals surface area contributed by atoms with Crippen LogP contribution in [0.1, 0.15) is 39.2 Å². The lowest BCUT2D eigenvalue weighted by molar-refractivity contribution is -0.119. The van der Waals surface area contributed by atoms with Gasteiger partial charge in [0.25, 0.3) is 5.56 Å². The first-order valence-electron chi connectivity index (χ1n) is 10.3. The van der Waals surface area contributed by atoms with Gasteiger partial charge in [-0.25, -0.2) is 4.57 Å². The zero-order chi connectivity index (χ0) is 22.1. The summed E-state index contributed by atoms with van der Waals surface area (Å²) in [4.78, 5) is 25.7. The van der Waals surface area contributed by atoms with Crippen molar-refractivity contribution in [1.29, 1.82) is 0 Å². The van der Waals surface area contributed by atoms with Gasteiger partial charge in [-0.2, -0.15) is 0 Å². The molecule has 7 nitrogen and oxygen atoms in total. The molecule has 2 heterocycles. The molecule has 4 rings (SSSR count). The third-order valence-electron chi connectivity index (χ3n) is 4.98. The van der Waals surface area contributed by atoms with E-state index in [4.69, 9.17) is 0 Å². The second kappa shape index (κ2) is 8.55. The van der Waals surface area contributed by atoms with E-state index < -0.39 is 0 Å². The molecule has 0 aliphatic carbocycles. The Kier molecular flexibility index (Phi) is 5.82. The highest BCUT2D eigenvalue weighted by molar-refractivity contribution is 7.99. The van der Waals surface area contributed by atoms with E-state index in [1.54, 1.807) is 4.57 Å². The van der Waals surface area contributed by atoms with Gasteiger partial charge in [-0.05, 0) is 43.5 Å². The van der Waals surface area contributed by atoms with Gasteiger partial charge in [0.1, 0.15) is 0 Å². The molecule has 0 fully saturated rings. The van der Waals surface area contributed by atoms with Crippen LogP contribution in [0.4, 0.5) is 0 Å². The zero-order valence-corrected chi connectivity index (χ0v) is 18.8. The first kappa shape index (κ1) is 21.1. The fourth-order valence-corrected chi connectivity index (χ4v) is 4.41. The van der Waals surface area contributed by atoms with E-state index in [9.17, 15) is 9.59 Å². The summed E-state index contributed by atoms with van der Waals surface area (Å²) in [5.74, 6) is 0.809. The minimum atomic E-state index is -0.141. The topological polar surface area (TPSA) is 81.3 Å². The molecular weight excluding hydrogens is 410 g/mol. The van der Waals surface area contributed by atoms with Crippen molar-refractivity contribution in [2.45, 2.75) is 44.8 Å². The summed E-state index contributed by atoms with van der Waals surface area (Å²) in [6.07, 6.45) is 0. The van der Waals surface area contributed by atoms with E-state index in [0.29, 0.717) is 16.3 Å². The van der Waals surface area contributed by atoms with E-state index in [1.165, 1.54) is 11.8 Å². The number of hydrogen-bond donors (Lipinski definition) is 1. The number of rotatable bonds is 6. The van der Waals surface area contributed by atoms with Crippen LogP contribution in [-0.4, -0.2) is 36.9 Å².